The van der Waals surface area contributed by atoms with Crippen LogP contribution in [-0.2, 0) is 17.6 Å². The second kappa shape index (κ2) is 7.12. The molecule has 3 rings (SSSR count). The van der Waals surface area contributed by atoms with Gasteiger partial charge in [0.25, 0.3) is 5.56 Å². The molecular formula is C18H19N3O3. The van der Waals surface area contributed by atoms with Crippen molar-refractivity contribution >= 4 is 16.8 Å². The Hall–Kier alpha value is -2.89. The molecule has 0 saturated carbocycles. The van der Waals surface area contributed by atoms with E-state index in [0.29, 0.717) is 24.9 Å². The van der Waals surface area contributed by atoms with Gasteiger partial charge in [-0.15, -0.1) is 0 Å². The van der Waals surface area contributed by atoms with Gasteiger partial charge in [0.05, 0.1) is 5.69 Å². The van der Waals surface area contributed by atoms with Crippen LogP contribution in [0.4, 0.5) is 0 Å². The molecule has 0 aliphatic carbocycles. The molecular weight excluding hydrogens is 306 g/mol. The molecule has 0 saturated heterocycles. The Morgan fingerprint density at radius 2 is 2.08 bits per heavy atom. The van der Waals surface area contributed by atoms with Crippen LogP contribution < -0.4 is 10.9 Å². The second-order valence-corrected chi connectivity index (χ2v) is 5.74. The highest BCUT2D eigenvalue weighted by Gasteiger charge is 2.07. The van der Waals surface area contributed by atoms with Crippen molar-refractivity contribution in [2.75, 3.05) is 6.54 Å². The lowest BCUT2D eigenvalue weighted by Crippen LogP contribution is -2.26. The van der Waals surface area contributed by atoms with Gasteiger partial charge in [0.2, 0.25) is 5.91 Å². The summed E-state index contributed by atoms with van der Waals surface area (Å²) >= 11 is 0. The predicted molar refractivity (Wildman–Crippen MR) is 90.8 cm³/mol. The number of benzene rings is 1. The zero-order chi connectivity index (χ0) is 16.9. The largest absolute Gasteiger partial charge is 0.361 e. The number of hydrogen-bond acceptors (Lipinski definition) is 4. The van der Waals surface area contributed by atoms with E-state index in [4.69, 9.17) is 4.52 Å². The Labute approximate surface area is 138 Å². The monoisotopic (exact) mass is 325 g/mol. The van der Waals surface area contributed by atoms with Gasteiger partial charge in [-0.05, 0) is 30.9 Å². The summed E-state index contributed by atoms with van der Waals surface area (Å²) in [6, 6.07) is 11.3. The summed E-state index contributed by atoms with van der Waals surface area (Å²) in [6.07, 6.45) is 1.31. The highest BCUT2D eigenvalue weighted by molar-refractivity contribution is 5.79. The second-order valence-electron chi connectivity index (χ2n) is 5.74. The number of rotatable bonds is 6. The summed E-state index contributed by atoms with van der Waals surface area (Å²) in [5.74, 6) is 0.676. The van der Waals surface area contributed by atoms with Crippen molar-refractivity contribution in [2.24, 2.45) is 0 Å². The Balaban J connectivity index is 1.52. The molecule has 3 aromatic rings. The summed E-state index contributed by atoms with van der Waals surface area (Å²) in [4.78, 5) is 26.8. The molecule has 0 radical (unpaired) electrons. The predicted octanol–water partition coefficient (Wildman–Crippen LogP) is 2.12. The number of H-pyrrole nitrogens is 1. The smallest absolute Gasteiger partial charge is 0.251 e. The third-order valence-electron chi connectivity index (χ3n) is 3.83. The lowest BCUT2D eigenvalue weighted by atomic mass is 10.1. The maximum atomic E-state index is 12.0. The molecule has 124 valence electrons. The minimum absolute atomic E-state index is 0.0808. The molecule has 0 aliphatic heterocycles. The molecule has 24 heavy (non-hydrogen) atoms. The van der Waals surface area contributed by atoms with E-state index < -0.39 is 0 Å². The first-order valence-electron chi connectivity index (χ1n) is 7.91. The quantitative estimate of drug-likeness (QED) is 0.726. The van der Waals surface area contributed by atoms with Crippen molar-refractivity contribution in [3.8, 4) is 0 Å². The molecule has 2 N–H and O–H groups in total. The molecule has 6 nitrogen and oxygen atoms in total. The van der Waals surface area contributed by atoms with Gasteiger partial charge in [0, 0.05) is 36.5 Å². The van der Waals surface area contributed by atoms with Crippen LogP contribution in [0.25, 0.3) is 10.9 Å². The van der Waals surface area contributed by atoms with Crippen molar-refractivity contribution in [3.63, 3.8) is 0 Å². The van der Waals surface area contributed by atoms with Crippen molar-refractivity contribution in [3.05, 3.63) is 63.8 Å². The van der Waals surface area contributed by atoms with E-state index >= 15 is 0 Å². The first-order valence-corrected chi connectivity index (χ1v) is 7.91. The molecule has 0 bridgehead atoms. The van der Waals surface area contributed by atoms with E-state index in [-0.39, 0.29) is 17.9 Å². The Morgan fingerprint density at radius 1 is 1.25 bits per heavy atom. The van der Waals surface area contributed by atoms with Gasteiger partial charge in [-0.2, -0.15) is 0 Å². The van der Waals surface area contributed by atoms with Gasteiger partial charge in [-0.3, -0.25) is 9.59 Å². The number of aryl methyl sites for hydroxylation is 2. The Bertz CT molecular complexity index is 911. The van der Waals surface area contributed by atoms with E-state index in [9.17, 15) is 9.59 Å². The average molecular weight is 325 g/mol. The normalized spacial score (nSPS) is 10.9. The fourth-order valence-corrected chi connectivity index (χ4v) is 2.58. The fourth-order valence-electron chi connectivity index (χ4n) is 2.58. The third-order valence-corrected chi connectivity index (χ3v) is 3.83. The highest BCUT2D eigenvalue weighted by atomic mass is 16.5. The number of fused-ring (bicyclic) bond motifs is 1. The number of aromatic amines is 1. The zero-order valence-corrected chi connectivity index (χ0v) is 13.5. The van der Waals surface area contributed by atoms with Crippen LogP contribution >= 0.6 is 0 Å². The molecule has 2 heterocycles. The molecule has 6 heteroatoms. The van der Waals surface area contributed by atoms with Gasteiger partial charge in [0.1, 0.15) is 5.76 Å². The van der Waals surface area contributed by atoms with Crippen LogP contribution in [-0.4, -0.2) is 22.6 Å². The first kappa shape index (κ1) is 16.0. The van der Waals surface area contributed by atoms with Gasteiger partial charge < -0.3 is 14.8 Å². The number of carbonyl (C=O) groups excluding carboxylic acids is 1. The van der Waals surface area contributed by atoms with Gasteiger partial charge in [-0.25, -0.2) is 0 Å². The van der Waals surface area contributed by atoms with Crippen molar-refractivity contribution in [1.82, 2.24) is 15.5 Å². The molecule has 0 fully saturated rings. The number of aromatic nitrogens is 2. The number of amides is 1. The third kappa shape index (κ3) is 3.90. The maximum Gasteiger partial charge on any atom is 0.251 e. The molecule has 0 spiro atoms. The summed E-state index contributed by atoms with van der Waals surface area (Å²) in [7, 11) is 0. The van der Waals surface area contributed by atoms with E-state index in [0.717, 1.165) is 22.4 Å². The van der Waals surface area contributed by atoms with Crippen molar-refractivity contribution in [1.29, 1.82) is 0 Å². The zero-order valence-electron chi connectivity index (χ0n) is 13.5. The lowest BCUT2D eigenvalue weighted by molar-refractivity contribution is -0.121. The summed E-state index contributed by atoms with van der Waals surface area (Å²) in [5.41, 5.74) is 2.10. The summed E-state index contributed by atoms with van der Waals surface area (Å²) < 4.78 is 4.97. The standard InChI is InChI=1S/C18H19N3O3/c1-12-10-15(21-24-12)8-9-19-17(22)7-6-14-11-13-4-2-3-5-16(13)20-18(14)23/h2-5,10-11H,6-9H2,1H3,(H,19,22)(H,20,23). The Kier molecular flexibility index (Phi) is 4.74. The van der Waals surface area contributed by atoms with Crippen LogP contribution in [0.5, 0.6) is 0 Å². The maximum absolute atomic E-state index is 12.0. The van der Waals surface area contributed by atoms with Crippen LogP contribution in [0.2, 0.25) is 0 Å². The van der Waals surface area contributed by atoms with E-state index in [1.165, 1.54) is 0 Å². The van der Waals surface area contributed by atoms with Crippen molar-refractivity contribution in [2.45, 2.75) is 26.2 Å². The average Bonchev–Trinajstić information content (AvgIpc) is 2.98. The molecule has 1 aromatic carbocycles. The number of pyridine rings is 1. The van der Waals surface area contributed by atoms with Crippen LogP contribution in [0, 0.1) is 6.92 Å². The minimum atomic E-state index is -0.139. The molecule has 0 aliphatic rings. The SMILES string of the molecule is Cc1cc(CCNC(=O)CCc2cc3ccccc3[nH]c2=O)no1. The summed E-state index contributed by atoms with van der Waals surface area (Å²) in [6.45, 7) is 2.33. The number of para-hydroxylation sites is 1. The molecule has 0 unspecified atom stereocenters. The molecule has 2 aromatic heterocycles. The summed E-state index contributed by atoms with van der Waals surface area (Å²) in [5, 5.41) is 7.68. The van der Waals surface area contributed by atoms with Crippen LogP contribution in [0.15, 0.2) is 45.7 Å². The van der Waals surface area contributed by atoms with E-state index in [2.05, 4.69) is 15.5 Å². The molecule has 1 amide bonds. The van der Waals surface area contributed by atoms with E-state index in [1.54, 1.807) is 0 Å². The van der Waals surface area contributed by atoms with Crippen LogP contribution in [0.1, 0.15) is 23.4 Å². The van der Waals surface area contributed by atoms with Crippen LogP contribution in [0.3, 0.4) is 0 Å². The highest BCUT2D eigenvalue weighted by Crippen LogP contribution is 2.11. The number of nitrogens with zero attached hydrogens (tertiary/aromatic N) is 1. The lowest BCUT2D eigenvalue weighted by Gasteiger charge is -2.05. The van der Waals surface area contributed by atoms with Gasteiger partial charge in [-0.1, -0.05) is 23.4 Å². The topological polar surface area (TPSA) is 88.0 Å². The fraction of sp³-hybridized carbons (Fsp3) is 0.278. The number of carbonyl (C=O) groups is 1. The minimum Gasteiger partial charge on any atom is -0.361 e. The Morgan fingerprint density at radius 3 is 2.88 bits per heavy atom. The van der Waals surface area contributed by atoms with E-state index in [1.807, 2.05) is 43.3 Å². The molecule has 0 atom stereocenters. The van der Waals surface area contributed by atoms with Gasteiger partial charge >= 0.3 is 0 Å². The van der Waals surface area contributed by atoms with Gasteiger partial charge in [0.15, 0.2) is 0 Å². The van der Waals surface area contributed by atoms with Crippen molar-refractivity contribution < 1.29 is 9.32 Å². The number of hydrogen-bond donors (Lipinski definition) is 2. The first-order chi connectivity index (χ1) is 11.6. The number of nitrogens with one attached hydrogen (secondary N) is 2.